The van der Waals surface area contributed by atoms with Gasteiger partial charge in [-0.15, -0.1) is 0 Å². The minimum Gasteiger partial charge on any atom is -0.377 e. The molecule has 4 nitrogen and oxygen atoms in total. The normalized spacial score (nSPS) is 14.9. The van der Waals surface area contributed by atoms with Crippen molar-refractivity contribution >= 4 is 9.84 Å². The first-order valence-electron chi connectivity index (χ1n) is 6.31. The Morgan fingerprint density at radius 1 is 1.24 bits per heavy atom. The Labute approximate surface area is 106 Å². The Balaban J connectivity index is 4.80. The van der Waals surface area contributed by atoms with Crippen molar-refractivity contribution in [2.75, 3.05) is 25.7 Å². The van der Waals surface area contributed by atoms with Gasteiger partial charge in [0, 0.05) is 19.4 Å². The first-order valence-corrected chi connectivity index (χ1v) is 8.37. The van der Waals surface area contributed by atoms with Crippen LogP contribution in [0.3, 0.4) is 0 Å². The van der Waals surface area contributed by atoms with Gasteiger partial charge in [0.05, 0.1) is 11.4 Å². The summed E-state index contributed by atoms with van der Waals surface area (Å²) in [4.78, 5) is 0. The molecule has 0 bridgehead atoms. The fourth-order valence-corrected chi connectivity index (χ4v) is 2.97. The van der Waals surface area contributed by atoms with Crippen LogP contribution in [0.1, 0.15) is 40.0 Å². The molecule has 17 heavy (non-hydrogen) atoms. The Hall–Kier alpha value is -0.130. The van der Waals surface area contributed by atoms with Gasteiger partial charge in [0.25, 0.3) is 0 Å². The molecule has 0 radical (unpaired) electrons. The standard InChI is InChI=1S/C12H27NO3S/c1-6-12(7-2,16-4)11(13-8-3)9-10-17(5,14)15/h11,13H,6-10H2,1-5H3. The minimum absolute atomic E-state index is 0.0854. The third kappa shape index (κ3) is 5.36. The molecule has 0 fully saturated rings. The van der Waals surface area contributed by atoms with E-state index in [0.717, 1.165) is 19.4 Å². The summed E-state index contributed by atoms with van der Waals surface area (Å²) in [6, 6.07) is 0.0854. The van der Waals surface area contributed by atoms with E-state index in [9.17, 15) is 8.42 Å². The third-order valence-corrected chi connectivity index (χ3v) is 4.44. The van der Waals surface area contributed by atoms with Gasteiger partial charge in [-0.05, 0) is 25.8 Å². The Morgan fingerprint density at radius 2 is 1.76 bits per heavy atom. The fourth-order valence-electron chi connectivity index (χ4n) is 2.30. The van der Waals surface area contributed by atoms with Gasteiger partial charge in [0.15, 0.2) is 0 Å². The number of hydrogen-bond donors (Lipinski definition) is 1. The summed E-state index contributed by atoms with van der Waals surface area (Å²) in [5, 5.41) is 3.36. The van der Waals surface area contributed by atoms with E-state index in [2.05, 4.69) is 19.2 Å². The van der Waals surface area contributed by atoms with Gasteiger partial charge in [0.2, 0.25) is 0 Å². The van der Waals surface area contributed by atoms with Crippen molar-refractivity contribution in [3.05, 3.63) is 0 Å². The van der Waals surface area contributed by atoms with Crippen molar-refractivity contribution in [2.45, 2.75) is 51.7 Å². The summed E-state index contributed by atoms with van der Waals surface area (Å²) in [5.41, 5.74) is -0.263. The Morgan fingerprint density at radius 3 is 2.06 bits per heavy atom. The summed E-state index contributed by atoms with van der Waals surface area (Å²) >= 11 is 0. The van der Waals surface area contributed by atoms with Gasteiger partial charge >= 0.3 is 0 Å². The molecule has 0 spiro atoms. The molecule has 0 heterocycles. The van der Waals surface area contributed by atoms with Gasteiger partial charge in [-0.25, -0.2) is 8.42 Å². The third-order valence-electron chi connectivity index (χ3n) is 3.47. The molecular weight excluding hydrogens is 238 g/mol. The zero-order valence-corrected chi connectivity index (χ0v) is 12.6. The van der Waals surface area contributed by atoms with Crippen LogP contribution in [0.2, 0.25) is 0 Å². The van der Waals surface area contributed by atoms with E-state index in [-0.39, 0.29) is 17.4 Å². The average molecular weight is 265 g/mol. The first-order chi connectivity index (χ1) is 7.85. The zero-order chi connectivity index (χ0) is 13.5. The molecule has 0 aromatic carbocycles. The van der Waals surface area contributed by atoms with Crippen LogP contribution < -0.4 is 5.32 Å². The second-order valence-electron chi connectivity index (χ2n) is 4.50. The lowest BCUT2D eigenvalue weighted by Crippen LogP contribution is -2.52. The van der Waals surface area contributed by atoms with Crippen molar-refractivity contribution in [2.24, 2.45) is 0 Å². The van der Waals surface area contributed by atoms with E-state index in [0.29, 0.717) is 6.42 Å². The monoisotopic (exact) mass is 265 g/mol. The number of nitrogens with one attached hydrogen (secondary N) is 1. The highest BCUT2D eigenvalue weighted by atomic mass is 32.2. The SMILES string of the molecule is CCNC(CCS(C)(=O)=O)C(CC)(CC)OC. The molecular formula is C12H27NO3S. The van der Waals surface area contributed by atoms with E-state index in [1.165, 1.54) is 6.26 Å². The predicted molar refractivity (Wildman–Crippen MR) is 72.1 cm³/mol. The zero-order valence-electron chi connectivity index (χ0n) is 11.7. The quantitative estimate of drug-likeness (QED) is 0.688. The molecule has 0 aromatic heterocycles. The maximum absolute atomic E-state index is 11.3. The van der Waals surface area contributed by atoms with Crippen molar-refractivity contribution < 1.29 is 13.2 Å². The van der Waals surface area contributed by atoms with E-state index >= 15 is 0 Å². The summed E-state index contributed by atoms with van der Waals surface area (Å²) in [7, 11) is -1.21. The van der Waals surface area contributed by atoms with E-state index in [4.69, 9.17) is 4.74 Å². The molecule has 0 saturated heterocycles. The molecule has 0 aliphatic heterocycles. The molecule has 1 unspecified atom stereocenters. The van der Waals surface area contributed by atoms with Crippen LogP contribution in [-0.4, -0.2) is 45.7 Å². The van der Waals surface area contributed by atoms with E-state index in [1.807, 2.05) is 6.92 Å². The number of sulfone groups is 1. The minimum atomic E-state index is -2.92. The van der Waals surface area contributed by atoms with Crippen LogP contribution in [0, 0.1) is 0 Å². The maximum Gasteiger partial charge on any atom is 0.147 e. The smallest absolute Gasteiger partial charge is 0.147 e. The highest BCUT2D eigenvalue weighted by molar-refractivity contribution is 7.90. The molecule has 1 atom stereocenters. The average Bonchev–Trinajstić information content (AvgIpc) is 2.27. The maximum atomic E-state index is 11.3. The molecule has 5 heteroatoms. The van der Waals surface area contributed by atoms with Gasteiger partial charge in [-0.2, -0.15) is 0 Å². The molecule has 1 N–H and O–H groups in total. The molecule has 104 valence electrons. The molecule has 0 rings (SSSR count). The van der Waals surface area contributed by atoms with Crippen LogP contribution in [0.4, 0.5) is 0 Å². The number of methoxy groups -OCH3 is 1. The number of hydrogen-bond acceptors (Lipinski definition) is 4. The van der Waals surface area contributed by atoms with E-state index in [1.54, 1.807) is 7.11 Å². The van der Waals surface area contributed by atoms with Crippen LogP contribution in [0.15, 0.2) is 0 Å². The van der Waals surface area contributed by atoms with Crippen molar-refractivity contribution in [1.82, 2.24) is 5.32 Å². The fraction of sp³-hybridized carbons (Fsp3) is 1.00. The largest absolute Gasteiger partial charge is 0.377 e. The van der Waals surface area contributed by atoms with Crippen molar-refractivity contribution in [3.63, 3.8) is 0 Å². The highest BCUT2D eigenvalue weighted by Crippen LogP contribution is 2.26. The second-order valence-corrected chi connectivity index (χ2v) is 6.76. The highest BCUT2D eigenvalue weighted by Gasteiger charge is 2.35. The summed E-state index contributed by atoms with van der Waals surface area (Å²) in [6.07, 6.45) is 3.63. The Kier molecular flexibility index (Phi) is 7.28. The van der Waals surface area contributed by atoms with E-state index < -0.39 is 9.84 Å². The van der Waals surface area contributed by atoms with Gasteiger partial charge in [-0.1, -0.05) is 20.8 Å². The van der Waals surface area contributed by atoms with Crippen LogP contribution in [-0.2, 0) is 14.6 Å². The lowest BCUT2D eigenvalue weighted by molar-refractivity contribution is -0.0476. The lowest BCUT2D eigenvalue weighted by atomic mass is 9.86. The van der Waals surface area contributed by atoms with Crippen LogP contribution >= 0.6 is 0 Å². The number of ether oxygens (including phenoxy) is 1. The van der Waals surface area contributed by atoms with Gasteiger partial charge < -0.3 is 10.1 Å². The molecule has 0 aromatic rings. The van der Waals surface area contributed by atoms with Crippen LogP contribution in [0.5, 0.6) is 0 Å². The first kappa shape index (κ1) is 16.9. The molecule has 0 saturated carbocycles. The van der Waals surface area contributed by atoms with Crippen molar-refractivity contribution in [1.29, 1.82) is 0 Å². The lowest BCUT2D eigenvalue weighted by Gasteiger charge is -2.39. The molecule has 0 amide bonds. The molecule has 0 aliphatic rings. The van der Waals surface area contributed by atoms with Gasteiger partial charge in [0.1, 0.15) is 9.84 Å². The molecule has 0 aliphatic carbocycles. The number of likely N-dealkylation sites (N-methyl/N-ethyl adjacent to an activating group) is 1. The summed E-state index contributed by atoms with van der Waals surface area (Å²) in [5.74, 6) is 0.204. The number of rotatable bonds is 9. The summed E-state index contributed by atoms with van der Waals surface area (Å²) in [6.45, 7) is 7.01. The van der Waals surface area contributed by atoms with Crippen LogP contribution in [0.25, 0.3) is 0 Å². The second kappa shape index (κ2) is 7.34. The Bertz CT molecular complexity index is 289. The van der Waals surface area contributed by atoms with Gasteiger partial charge in [-0.3, -0.25) is 0 Å². The predicted octanol–water partition coefficient (Wildman–Crippen LogP) is 1.60. The van der Waals surface area contributed by atoms with Crippen molar-refractivity contribution in [3.8, 4) is 0 Å². The topological polar surface area (TPSA) is 55.4 Å². The summed E-state index contributed by atoms with van der Waals surface area (Å²) < 4.78 is 28.2.